The number of rotatable bonds is 16. The highest BCUT2D eigenvalue weighted by atomic mass is 35.5. The Hall–Kier alpha value is -0.790. The summed E-state index contributed by atoms with van der Waals surface area (Å²) in [5, 5.41) is 0. The minimum absolute atomic E-state index is 0. The van der Waals surface area contributed by atoms with Gasteiger partial charge in [-0.1, -0.05) is 108 Å². The van der Waals surface area contributed by atoms with Gasteiger partial charge in [0.1, 0.15) is 6.04 Å². The van der Waals surface area contributed by atoms with Crippen molar-refractivity contribution in [3.05, 3.63) is 48.7 Å². The Kier molecular flexibility index (Phi) is 15.7. The number of benzene rings is 1. The van der Waals surface area contributed by atoms with Crippen molar-refractivity contribution in [1.29, 1.82) is 0 Å². The van der Waals surface area contributed by atoms with Crippen LogP contribution in [0.2, 0.25) is 0 Å². The van der Waals surface area contributed by atoms with Crippen LogP contribution in [0.3, 0.4) is 0 Å². The van der Waals surface area contributed by atoms with Gasteiger partial charge in [0.15, 0.2) is 0 Å². The molecule has 156 valence electrons. The molecule has 1 atom stereocenters. The Labute approximate surface area is 176 Å². The fraction of sp³-hybridized carbons (Fsp3) is 0.680. The SMILES string of the molecule is C=C[N+](C)(C)C(CCCCCCCCCCCCCC)c1ccccc1.[Cl-]. The van der Waals surface area contributed by atoms with E-state index < -0.39 is 0 Å². The third kappa shape index (κ3) is 11.6. The predicted molar refractivity (Wildman–Crippen MR) is 117 cm³/mol. The quantitative estimate of drug-likeness (QED) is 0.272. The Morgan fingerprint density at radius 3 is 1.67 bits per heavy atom. The zero-order valence-electron chi connectivity index (χ0n) is 18.3. The first-order valence-electron chi connectivity index (χ1n) is 11.1. The van der Waals surface area contributed by atoms with Gasteiger partial charge in [0.2, 0.25) is 0 Å². The average Bonchev–Trinajstić information content (AvgIpc) is 2.66. The van der Waals surface area contributed by atoms with E-state index in [0.29, 0.717) is 6.04 Å². The van der Waals surface area contributed by atoms with Gasteiger partial charge in [0.05, 0.1) is 20.3 Å². The van der Waals surface area contributed by atoms with Crippen molar-refractivity contribution in [2.45, 2.75) is 96.4 Å². The summed E-state index contributed by atoms with van der Waals surface area (Å²) in [4.78, 5) is 0. The lowest BCUT2D eigenvalue weighted by Gasteiger charge is -2.35. The molecule has 1 nitrogen and oxygen atoms in total. The predicted octanol–water partition coefficient (Wildman–Crippen LogP) is 5.04. The zero-order valence-corrected chi connectivity index (χ0v) is 19.0. The molecule has 1 rings (SSSR count). The Bertz CT molecular complexity index is 455. The molecule has 0 bridgehead atoms. The van der Waals surface area contributed by atoms with Crippen LogP contribution in [0.4, 0.5) is 0 Å². The normalized spacial score (nSPS) is 12.4. The van der Waals surface area contributed by atoms with E-state index in [1.165, 1.54) is 89.0 Å². The maximum absolute atomic E-state index is 4.06. The minimum Gasteiger partial charge on any atom is -1.00 e. The lowest BCUT2D eigenvalue weighted by Crippen LogP contribution is -3.00. The fourth-order valence-corrected chi connectivity index (χ4v) is 3.86. The maximum atomic E-state index is 4.06. The van der Waals surface area contributed by atoms with Crippen molar-refractivity contribution in [2.75, 3.05) is 14.1 Å². The molecule has 0 aromatic heterocycles. The molecule has 0 aliphatic carbocycles. The molecule has 1 aromatic rings. The molecule has 0 fully saturated rings. The van der Waals surface area contributed by atoms with Gasteiger partial charge >= 0.3 is 0 Å². The summed E-state index contributed by atoms with van der Waals surface area (Å²) in [5.41, 5.74) is 1.44. The van der Waals surface area contributed by atoms with Crippen molar-refractivity contribution in [1.82, 2.24) is 0 Å². The summed E-state index contributed by atoms with van der Waals surface area (Å²) in [6, 6.07) is 11.5. The molecule has 1 unspecified atom stereocenters. The zero-order chi connectivity index (χ0) is 19.1. The van der Waals surface area contributed by atoms with E-state index >= 15 is 0 Å². The van der Waals surface area contributed by atoms with Crippen molar-refractivity contribution in [3.63, 3.8) is 0 Å². The highest BCUT2D eigenvalue weighted by Gasteiger charge is 2.26. The lowest BCUT2D eigenvalue weighted by molar-refractivity contribution is -0.872. The van der Waals surface area contributed by atoms with E-state index in [4.69, 9.17) is 0 Å². The molecule has 0 aliphatic heterocycles. The molecule has 0 spiro atoms. The van der Waals surface area contributed by atoms with Gasteiger partial charge in [-0.15, -0.1) is 0 Å². The molecule has 0 heterocycles. The van der Waals surface area contributed by atoms with Crippen LogP contribution >= 0.6 is 0 Å². The highest BCUT2D eigenvalue weighted by molar-refractivity contribution is 5.17. The molecule has 27 heavy (non-hydrogen) atoms. The van der Waals surface area contributed by atoms with Gasteiger partial charge in [-0.05, 0) is 13.0 Å². The molecule has 2 heteroatoms. The van der Waals surface area contributed by atoms with Crippen LogP contribution in [-0.2, 0) is 0 Å². The van der Waals surface area contributed by atoms with Gasteiger partial charge in [0.25, 0.3) is 0 Å². The van der Waals surface area contributed by atoms with Gasteiger partial charge in [0, 0.05) is 12.0 Å². The largest absolute Gasteiger partial charge is 1.00 e. The third-order valence-corrected chi connectivity index (χ3v) is 5.79. The first-order chi connectivity index (χ1) is 12.6. The van der Waals surface area contributed by atoms with Crippen molar-refractivity contribution >= 4 is 0 Å². The Morgan fingerprint density at radius 1 is 0.778 bits per heavy atom. The summed E-state index contributed by atoms with van der Waals surface area (Å²) in [7, 11) is 4.54. The van der Waals surface area contributed by atoms with E-state index in [-0.39, 0.29) is 12.4 Å². The molecule has 0 aliphatic rings. The Morgan fingerprint density at radius 2 is 1.22 bits per heavy atom. The Balaban J connectivity index is 0.00000676. The second kappa shape index (κ2) is 16.2. The van der Waals surface area contributed by atoms with Crippen LogP contribution in [0.25, 0.3) is 0 Å². The van der Waals surface area contributed by atoms with Crippen LogP contribution < -0.4 is 12.4 Å². The van der Waals surface area contributed by atoms with Crippen molar-refractivity contribution < 1.29 is 16.9 Å². The molecular weight excluding hydrogens is 350 g/mol. The molecular formula is C25H44ClN. The number of halogens is 1. The molecule has 0 N–H and O–H groups in total. The molecule has 0 saturated heterocycles. The monoisotopic (exact) mass is 393 g/mol. The topological polar surface area (TPSA) is 0 Å². The minimum atomic E-state index is 0. The van der Waals surface area contributed by atoms with E-state index in [0.717, 1.165) is 4.48 Å². The number of hydrogen-bond donors (Lipinski definition) is 0. The van der Waals surface area contributed by atoms with E-state index in [1.54, 1.807) is 0 Å². The molecule has 1 aromatic carbocycles. The number of unbranched alkanes of at least 4 members (excludes halogenated alkanes) is 11. The van der Waals surface area contributed by atoms with Gasteiger partial charge in [-0.3, -0.25) is 4.48 Å². The number of nitrogens with zero attached hydrogens (tertiary/aromatic N) is 1. The van der Waals surface area contributed by atoms with E-state index in [2.05, 4.69) is 64.1 Å². The molecule has 0 radical (unpaired) electrons. The van der Waals surface area contributed by atoms with Crippen molar-refractivity contribution in [3.8, 4) is 0 Å². The summed E-state index contributed by atoms with van der Waals surface area (Å²) < 4.78 is 0.863. The smallest absolute Gasteiger partial charge is 0.118 e. The van der Waals surface area contributed by atoms with E-state index in [9.17, 15) is 0 Å². The maximum Gasteiger partial charge on any atom is 0.118 e. The van der Waals surface area contributed by atoms with Crippen LogP contribution in [0.15, 0.2) is 43.1 Å². The second-order valence-electron chi connectivity index (χ2n) is 8.42. The summed E-state index contributed by atoms with van der Waals surface area (Å²) >= 11 is 0. The average molecular weight is 394 g/mol. The van der Waals surface area contributed by atoms with Crippen molar-refractivity contribution in [2.24, 2.45) is 0 Å². The first kappa shape index (κ1) is 26.2. The second-order valence-corrected chi connectivity index (χ2v) is 8.42. The van der Waals surface area contributed by atoms with Crippen LogP contribution in [0.5, 0.6) is 0 Å². The standard InChI is InChI=1S/C25H44N.ClH/c1-5-7-8-9-10-11-12-13-14-15-16-20-23-25(26(3,4)6-2)24-21-18-17-19-22-24;/h6,17-19,21-22,25H,2,5,7-16,20,23H2,1,3-4H3;1H/q+1;/p-1. The lowest BCUT2D eigenvalue weighted by atomic mass is 9.97. The summed E-state index contributed by atoms with van der Waals surface area (Å²) in [6.07, 6.45) is 20.3. The third-order valence-electron chi connectivity index (χ3n) is 5.79. The van der Waals surface area contributed by atoms with Crippen LogP contribution in [0.1, 0.15) is 102 Å². The summed E-state index contributed by atoms with van der Waals surface area (Å²) in [6.45, 7) is 6.35. The highest BCUT2D eigenvalue weighted by Crippen LogP contribution is 2.30. The number of quaternary nitrogens is 1. The fourth-order valence-electron chi connectivity index (χ4n) is 3.86. The number of hydrogen-bond acceptors (Lipinski definition) is 0. The summed E-state index contributed by atoms with van der Waals surface area (Å²) in [5.74, 6) is 0. The van der Waals surface area contributed by atoms with Gasteiger partial charge < -0.3 is 12.4 Å². The first-order valence-corrected chi connectivity index (χ1v) is 11.1. The van der Waals surface area contributed by atoms with Gasteiger partial charge in [-0.25, -0.2) is 0 Å². The van der Waals surface area contributed by atoms with Gasteiger partial charge in [-0.2, -0.15) is 0 Å². The molecule has 0 saturated carbocycles. The van der Waals surface area contributed by atoms with E-state index in [1.807, 2.05) is 0 Å². The molecule has 0 amide bonds. The van der Waals surface area contributed by atoms with Crippen LogP contribution in [-0.4, -0.2) is 18.6 Å². The van der Waals surface area contributed by atoms with Crippen LogP contribution in [0, 0.1) is 0 Å².